The van der Waals surface area contributed by atoms with E-state index in [4.69, 9.17) is 5.84 Å². The van der Waals surface area contributed by atoms with Crippen LogP contribution in [0.5, 0.6) is 0 Å². The summed E-state index contributed by atoms with van der Waals surface area (Å²) >= 11 is 0. The van der Waals surface area contributed by atoms with Crippen molar-refractivity contribution in [2.45, 2.75) is 19.4 Å². The highest BCUT2D eigenvalue weighted by Crippen LogP contribution is 1.85. The second-order valence-electron chi connectivity index (χ2n) is 1.68. The molecule has 0 aliphatic heterocycles. The molecule has 8 heavy (non-hydrogen) atoms. The second-order valence-corrected chi connectivity index (χ2v) is 2.09. The first-order chi connectivity index (χ1) is 3.85. The van der Waals surface area contributed by atoms with Gasteiger partial charge < -0.3 is 0 Å². The molecule has 0 saturated heterocycles. The fourth-order valence-electron chi connectivity index (χ4n) is 0.463. The van der Waals surface area contributed by atoms with Gasteiger partial charge in [0.25, 0.3) is 0 Å². The number of nitrogens with two attached hydrogens (primary N) is 1. The maximum Gasteiger partial charge on any atom is 0.0335 e. The standard InChI is InChI=1S/C4H14N3P/c1-2-4(7-5)3-6-8/h4,6-7H,2-3,5,8H2,1H3. The van der Waals surface area contributed by atoms with Crippen molar-refractivity contribution in [3.63, 3.8) is 0 Å². The van der Waals surface area contributed by atoms with Crippen LogP contribution in [0, 0.1) is 0 Å². The zero-order chi connectivity index (χ0) is 6.41. The molecule has 4 heteroatoms. The van der Waals surface area contributed by atoms with Gasteiger partial charge in [-0.15, -0.1) is 0 Å². The smallest absolute Gasteiger partial charge is 0.0335 e. The fraction of sp³-hybridized carbons (Fsp3) is 1.00. The summed E-state index contributed by atoms with van der Waals surface area (Å²) in [4.78, 5) is 0. The van der Waals surface area contributed by atoms with Crippen LogP contribution >= 0.6 is 9.39 Å². The van der Waals surface area contributed by atoms with Gasteiger partial charge >= 0.3 is 0 Å². The van der Waals surface area contributed by atoms with E-state index in [9.17, 15) is 0 Å². The highest BCUT2D eigenvalue weighted by molar-refractivity contribution is 7.13. The third-order valence-electron chi connectivity index (χ3n) is 1.09. The van der Waals surface area contributed by atoms with E-state index in [-0.39, 0.29) is 0 Å². The van der Waals surface area contributed by atoms with Crippen molar-refractivity contribution in [1.29, 1.82) is 0 Å². The van der Waals surface area contributed by atoms with Crippen LogP contribution in [-0.4, -0.2) is 12.6 Å². The highest BCUT2D eigenvalue weighted by atomic mass is 31.0. The Hall–Kier alpha value is 0.310. The van der Waals surface area contributed by atoms with Crippen molar-refractivity contribution in [2.75, 3.05) is 6.54 Å². The molecular weight excluding hydrogens is 121 g/mol. The Bertz CT molecular complexity index is 46.5. The Morgan fingerprint density at radius 2 is 2.38 bits per heavy atom. The van der Waals surface area contributed by atoms with Gasteiger partial charge in [-0.2, -0.15) is 0 Å². The molecule has 3 nitrogen and oxygen atoms in total. The molecule has 0 rings (SSSR count). The van der Waals surface area contributed by atoms with Crippen molar-refractivity contribution in [1.82, 2.24) is 10.5 Å². The van der Waals surface area contributed by atoms with E-state index in [2.05, 4.69) is 26.8 Å². The maximum absolute atomic E-state index is 5.17. The van der Waals surface area contributed by atoms with Crippen LogP contribution in [0.2, 0.25) is 0 Å². The maximum atomic E-state index is 5.17. The summed E-state index contributed by atoms with van der Waals surface area (Å²) in [5.74, 6) is 5.17. The first kappa shape index (κ1) is 8.31. The number of hydrogen-bond acceptors (Lipinski definition) is 3. The molecule has 0 amide bonds. The minimum atomic E-state index is 0.396. The SMILES string of the molecule is CCC(CNP)NN. The lowest BCUT2D eigenvalue weighted by atomic mass is 10.2. The van der Waals surface area contributed by atoms with Gasteiger partial charge in [0.15, 0.2) is 0 Å². The summed E-state index contributed by atoms with van der Waals surface area (Å²) in [7, 11) is 2.44. The average molecular weight is 135 g/mol. The van der Waals surface area contributed by atoms with E-state index in [1.807, 2.05) is 0 Å². The molecule has 0 saturated carbocycles. The minimum absolute atomic E-state index is 0.396. The van der Waals surface area contributed by atoms with Gasteiger partial charge in [-0.25, -0.2) is 0 Å². The van der Waals surface area contributed by atoms with E-state index in [0.717, 1.165) is 13.0 Å². The van der Waals surface area contributed by atoms with Gasteiger partial charge in [-0.3, -0.25) is 16.4 Å². The first-order valence-electron chi connectivity index (χ1n) is 2.74. The lowest BCUT2D eigenvalue weighted by molar-refractivity contribution is 0.512. The summed E-state index contributed by atoms with van der Waals surface area (Å²) < 4.78 is 0. The molecule has 0 radical (unpaired) electrons. The molecule has 0 spiro atoms. The molecule has 4 N–H and O–H groups in total. The fourth-order valence-corrected chi connectivity index (χ4v) is 0.748. The molecule has 2 unspecified atom stereocenters. The lowest BCUT2D eigenvalue weighted by Crippen LogP contribution is -2.39. The van der Waals surface area contributed by atoms with E-state index >= 15 is 0 Å². The lowest BCUT2D eigenvalue weighted by Gasteiger charge is -2.10. The summed E-state index contributed by atoms with van der Waals surface area (Å²) in [6.45, 7) is 2.99. The van der Waals surface area contributed by atoms with Crippen molar-refractivity contribution in [3.8, 4) is 0 Å². The van der Waals surface area contributed by atoms with E-state index < -0.39 is 0 Å². The molecule has 0 aliphatic rings. The van der Waals surface area contributed by atoms with Crippen LogP contribution in [0.4, 0.5) is 0 Å². The molecule has 50 valence electrons. The van der Waals surface area contributed by atoms with Crippen molar-refractivity contribution >= 4 is 9.39 Å². The molecule has 0 fully saturated rings. The normalized spacial score (nSPS) is 13.9. The molecule has 0 bridgehead atoms. The molecular formula is C4H14N3P. The Morgan fingerprint density at radius 3 is 2.50 bits per heavy atom. The van der Waals surface area contributed by atoms with Gasteiger partial charge in [0, 0.05) is 12.6 Å². The van der Waals surface area contributed by atoms with Crippen LogP contribution in [0.25, 0.3) is 0 Å². The molecule has 0 aliphatic carbocycles. The Balaban J connectivity index is 3.07. The van der Waals surface area contributed by atoms with Crippen LogP contribution < -0.4 is 16.4 Å². The summed E-state index contributed by atoms with van der Waals surface area (Å²) in [5, 5.41) is 2.94. The molecule has 0 heterocycles. The third-order valence-corrected chi connectivity index (χ3v) is 1.33. The monoisotopic (exact) mass is 135 g/mol. The van der Waals surface area contributed by atoms with Crippen LogP contribution in [0.1, 0.15) is 13.3 Å². The van der Waals surface area contributed by atoms with Gasteiger partial charge in [-0.1, -0.05) is 16.3 Å². The topological polar surface area (TPSA) is 50.1 Å². The molecule has 0 aromatic rings. The Kier molecular flexibility index (Phi) is 5.66. The van der Waals surface area contributed by atoms with Crippen molar-refractivity contribution < 1.29 is 0 Å². The number of rotatable bonds is 4. The van der Waals surface area contributed by atoms with Crippen LogP contribution in [0.15, 0.2) is 0 Å². The first-order valence-corrected chi connectivity index (χ1v) is 3.32. The molecule has 0 aromatic heterocycles. The number of hydrazine groups is 1. The van der Waals surface area contributed by atoms with Gasteiger partial charge in [0.05, 0.1) is 0 Å². The number of hydrogen-bond donors (Lipinski definition) is 3. The quantitative estimate of drug-likeness (QED) is 0.279. The summed E-state index contributed by atoms with van der Waals surface area (Å²) in [6, 6.07) is 0.396. The van der Waals surface area contributed by atoms with Crippen molar-refractivity contribution in [3.05, 3.63) is 0 Å². The number of nitrogens with one attached hydrogen (secondary N) is 2. The van der Waals surface area contributed by atoms with E-state index in [0.29, 0.717) is 6.04 Å². The zero-order valence-electron chi connectivity index (χ0n) is 5.15. The zero-order valence-corrected chi connectivity index (χ0v) is 6.30. The molecule has 0 aromatic carbocycles. The predicted molar refractivity (Wildman–Crippen MR) is 39.1 cm³/mol. The summed E-state index contributed by atoms with van der Waals surface area (Å²) in [6.07, 6.45) is 1.05. The van der Waals surface area contributed by atoms with Crippen molar-refractivity contribution in [2.24, 2.45) is 5.84 Å². The highest BCUT2D eigenvalue weighted by Gasteiger charge is 1.97. The summed E-state index contributed by atoms with van der Waals surface area (Å²) in [5.41, 5.74) is 2.68. The van der Waals surface area contributed by atoms with Gasteiger partial charge in [0.2, 0.25) is 0 Å². The van der Waals surface area contributed by atoms with Crippen LogP contribution in [-0.2, 0) is 0 Å². The predicted octanol–water partition coefficient (Wildman–Crippen LogP) is -0.392. The van der Waals surface area contributed by atoms with E-state index in [1.54, 1.807) is 0 Å². The van der Waals surface area contributed by atoms with Gasteiger partial charge in [0.1, 0.15) is 0 Å². The minimum Gasteiger partial charge on any atom is -0.299 e. The molecule has 2 atom stereocenters. The van der Waals surface area contributed by atoms with E-state index in [1.165, 1.54) is 0 Å². The van der Waals surface area contributed by atoms with Gasteiger partial charge in [-0.05, 0) is 6.42 Å². The second kappa shape index (κ2) is 5.45. The Morgan fingerprint density at radius 1 is 1.75 bits per heavy atom. The average Bonchev–Trinajstić information content (AvgIpc) is 1.83. The largest absolute Gasteiger partial charge is 0.299 e. The van der Waals surface area contributed by atoms with Crippen LogP contribution in [0.3, 0.4) is 0 Å². The third kappa shape index (κ3) is 3.33. The Labute approximate surface area is 52.6 Å².